The summed E-state index contributed by atoms with van der Waals surface area (Å²) in [5.74, 6) is -0.757. The fourth-order valence-corrected chi connectivity index (χ4v) is 2.24. The Bertz CT molecular complexity index is 576. The summed E-state index contributed by atoms with van der Waals surface area (Å²) < 4.78 is 33.4. The molecule has 0 atom stereocenters. The maximum Gasteiger partial charge on any atom is 0.181 e. The summed E-state index contributed by atoms with van der Waals surface area (Å²) in [5, 5.41) is 3.17. The molecule has 0 spiro atoms. The summed E-state index contributed by atoms with van der Waals surface area (Å²) in [6.07, 6.45) is 1.20. The number of hydrogen-bond donors (Lipinski definition) is 1. The van der Waals surface area contributed by atoms with E-state index in [-0.39, 0.29) is 11.3 Å². The number of hydrogen-bond acceptors (Lipinski definition) is 3. The van der Waals surface area contributed by atoms with Crippen LogP contribution in [0.1, 0.15) is 19.5 Å². The van der Waals surface area contributed by atoms with Crippen molar-refractivity contribution in [2.75, 3.05) is 6.54 Å². The van der Waals surface area contributed by atoms with E-state index >= 15 is 0 Å². The molecule has 2 aromatic rings. The number of aromatic nitrogens is 1. The Balaban J connectivity index is 2.28. The highest BCUT2D eigenvalue weighted by atomic mass is 79.9. The topological polar surface area (TPSA) is 38.1 Å². The van der Waals surface area contributed by atoms with Gasteiger partial charge in [0.15, 0.2) is 12.2 Å². The normalized spacial score (nSPS) is 11.3. The lowest BCUT2D eigenvalue weighted by Gasteiger charge is -2.08. The van der Waals surface area contributed by atoms with Gasteiger partial charge in [-0.2, -0.15) is 0 Å². The summed E-state index contributed by atoms with van der Waals surface area (Å²) in [6, 6.07) is 2.40. The zero-order valence-electron chi connectivity index (χ0n) is 11.2. The van der Waals surface area contributed by atoms with Gasteiger partial charge in [-0.1, -0.05) is 29.8 Å². The summed E-state index contributed by atoms with van der Waals surface area (Å²) in [6.45, 7) is 5.34. The van der Waals surface area contributed by atoms with Crippen molar-refractivity contribution in [2.45, 2.75) is 20.4 Å². The quantitative estimate of drug-likeness (QED) is 0.886. The van der Waals surface area contributed by atoms with Gasteiger partial charge in [-0.15, -0.1) is 0 Å². The van der Waals surface area contributed by atoms with Crippen molar-refractivity contribution >= 4 is 15.9 Å². The highest BCUT2D eigenvalue weighted by Gasteiger charge is 2.20. The van der Waals surface area contributed by atoms with E-state index in [0.717, 1.165) is 6.54 Å². The van der Waals surface area contributed by atoms with Crippen LogP contribution >= 0.6 is 15.9 Å². The fraction of sp³-hybridized carbons (Fsp3) is 0.357. The van der Waals surface area contributed by atoms with Gasteiger partial charge in [0.25, 0.3) is 0 Å². The van der Waals surface area contributed by atoms with E-state index in [1.165, 1.54) is 18.5 Å². The number of halogens is 3. The van der Waals surface area contributed by atoms with E-state index in [9.17, 15) is 8.78 Å². The molecular formula is C14H15BrF2N2O. The summed E-state index contributed by atoms with van der Waals surface area (Å²) in [5.41, 5.74) is 0.304. The molecule has 0 aliphatic rings. The van der Waals surface area contributed by atoms with Crippen LogP contribution in [0.3, 0.4) is 0 Å². The molecule has 0 aliphatic carbocycles. The van der Waals surface area contributed by atoms with Crippen molar-refractivity contribution in [3.8, 4) is 11.3 Å². The van der Waals surface area contributed by atoms with Crippen molar-refractivity contribution in [1.82, 2.24) is 10.3 Å². The molecule has 0 fully saturated rings. The molecule has 20 heavy (non-hydrogen) atoms. The molecule has 0 aliphatic heterocycles. The second-order valence-electron chi connectivity index (χ2n) is 4.90. The van der Waals surface area contributed by atoms with Gasteiger partial charge in [0.05, 0.1) is 5.56 Å². The average Bonchev–Trinajstić information content (AvgIpc) is 2.75. The first-order valence-electron chi connectivity index (χ1n) is 6.27. The Kier molecular flexibility index (Phi) is 4.88. The predicted molar refractivity (Wildman–Crippen MR) is 76.1 cm³/mol. The number of oxazole rings is 1. The average molecular weight is 345 g/mol. The number of nitrogens with zero attached hydrogens (tertiary/aromatic N) is 1. The van der Waals surface area contributed by atoms with Crippen molar-refractivity contribution in [3.63, 3.8) is 0 Å². The smallest absolute Gasteiger partial charge is 0.181 e. The van der Waals surface area contributed by atoms with Gasteiger partial charge in [0.2, 0.25) is 0 Å². The van der Waals surface area contributed by atoms with Crippen LogP contribution in [0.25, 0.3) is 11.3 Å². The van der Waals surface area contributed by atoms with Gasteiger partial charge in [-0.05, 0) is 24.6 Å². The Labute approximate surface area is 124 Å². The fourth-order valence-electron chi connectivity index (χ4n) is 1.84. The molecule has 0 radical (unpaired) electrons. The standard InChI is InChI=1S/C14H15BrF2N2O/c1-8(2)5-18-6-12-14(20-7-19-12)13-10(16)3-9(15)4-11(13)17/h3-4,7-8,18H,5-6H2,1-2H3. The highest BCUT2D eigenvalue weighted by Crippen LogP contribution is 2.31. The van der Waals surface area contributed by atoms with Gasteiger partial charge in [-0.25, -0.2) is 13.8 Å². The molecule has 0 saturated heterocycles. The molecule has 1 aromatic heterocycles. The first kappa shape index (κ1) is 15.1. The van der Waals surface area contributed by atoms with Crippen molar-refractivity contribution in [3.05, 3.63) is 40.3 Å². The van der Waals surface area contributed by atoms with Crippen molar-refractivity contribution < 1.29 is 13.2 Å². The van der Waals surface area contributed by atoms with Crippen LogP contribution in [0.2, 0.25) is 0 Å². The maximum absolute atomic E-state index is 13.9. The number of nitrogens with one attached hydrogen (secondary N) is 1. The van der Waals surface area contributed by atoms with Gasteiger partial charge >= 0.3 is 0 Å². The van der Waals surface area contributed by atoms with Gasteiger partial charge < -0.3 is 9.73 Å². The third-order valence-corrected chi connectivity index (χ3v) is 3.18. The SMILES string of the molecule is CC(C)CNCc1ncoc1-c1c(F)cc(Br)cc1F. The minimum atomic E-state index is -0.682. The molecular weight excluding hydrogens is 330 g/mol. The minimum absolute atomic E-state index is 0.128. The van der Waals surface area contributed by atoms with E-state index < -0.39 is 11.6 Å². The Morgan fingerprint density at radius 1 is 1.30 bits per heavy atom. The van der Waals surface area contributed by atoms with Crippen LogP contribution < -0.4 is 5.32 Å². The molecule has 1 aromatic carbocycles. The van der Waals surface area contributed by atoms with E-state index in [0.29, 0.717) is 22.6 Å². The van der Waals surface area contributed by atoms with Crippen LogP contribution in [0.4, 0.5) is 8.78 Å². The molecule has 6 heteroatoms. The van der Waals surface area contributed by atoms with E-state index in [2.05, 4.69) is 40.1 Å². The lowest BCUT2D eigenvalue weighted by Crippen LogP contribution is -2.19. The second kappa shape index (κ2) is 6.45. The molecule has 0 amide bonds. The van der Waals surface area contributed by atoms with E-state index in [1.54, 1.807) is 0 Å². The van der Waals surface area contributed by atoms with E-state index in [4.69, 9.17) is 4.42 Å². The molecule has 2 rings (SSSR count). The van der Waals surface area contributed by atoms with Crippen LogP contribution in [-0.4, -0.2) is 11.5 Å². The minimum Gasteiger partial charge on any atom is -0.443 e. The van der Waals surface area contributed by atoms with Crippen LogP contribution in [-0.2, 0) is 6.54 Å². The first-order valence-corrected chi connectivity index (χ1v) is 7.06. The van der Waals surface area contributed by atoms with Crippen LogP contribution in [0.15, 0.2) is 27.4 Å². The maximum atomic E-state index is 13.9. The third-order valence-electron chi connectivity index (χ3n) is 2.72. The zero-order chi connectivity index (χ0) is 14.7. The van der Waals surface area contributed by atoms with Crippen LogP contribution in [0, 0.1) is 17.6 Å². The Morgan fingerprint density at radius 2 is 1.95 bits per heavy atom. The number of benzene rings is 1. The number of rotatable bonds is 5. The molecule has 108 valence electrons. The lowest BCUT2D eigenvalue weighted by atomic mass is 10.1. The van der Waals surface area contributed by atoms with Gasteiger partial charge in [0, 0.05) is 11.0 Å². The highest BCUT2D eigenvalue weighted by molar-refractivity contribution is 9.10. The largest absolute Gasteiger partial charge is 0.443 e. The lowest BCUT2D eigenvalue weighted by molar-refractivity contribution is 0.533. The van der Waals surface area contributed by atoms with E-state index in [1.807, 2.05) is 0 Å². The molecule has 0 unspecified atom stereocenters. The van der Waals surface area contributed by atoms with Crippen molar-refractivity contribution in [1.29, 1.82) is 0 Å². The summed E-state index contributed by atoms with van der Waals surface area (Å²) >= 11 is 3.05. The summed E-state index contributed by atoms with van der Waals surface area (Å²) in [4.78, 5) is 4.02. The zero-order valence-corrected chi connectivity index (χ0v) is 12.8. The Hall–Kier alpha value is -1.27. The monoisotopic (exact) mass is 344 g/mol. The first-order chi connectivity index (χ1) is 9.49. The molecule has 0 bridgehead atoms. The van der Waals surface area contributed by atoms with Crippen molar-refractivity contribution in [2.24, 2.45) is 5.92 Å². The third kappa shape index (κ3) is 3.43. The van der Waals surface area contributed by atoms with Crippen LogP contribution in [0.5, 0.6) is 0 Å². The molecule has 3 nitrogen and oxygen atoms in total. The molecule has 1 N–H and O–H groups in total. The Morgan fingerprint density at radius 3 is 2.55 bits per heavy atom. The summed E-state index contributed by atoms with van der Waals surface area (Å²) in [7, 11) is 0. The van der Waals surface area contributed by atoms with Gasteiger partial charge in [0.1, 0.15) is 17.3 Å². The predicted octanol–water partition coefficient (Wildman–Crippen LogP) is 4.13. The second-order valence-corrected chi connectivity index (χ2v) is 5.81. The molecule has 0 saturated carbocycles. The van der Waals surface area contributed by atoms with Gasteiger partial charge in [-0.3, -0.25) is 0 Å². The molecule has 1 heterocycles.